The highest BCUT2D eigenvalue weighted by Gasteiger charge is 2.30. The fraction of sp³-hybridized carbons (Fsp3) is 0.400. The second kappa shape index (κ2) is 7.50. The third-order valence-corrected chi connectivity index (χ3v) is 6.02. The summed E-state index contributed by atoms with van der Waals surface area (Å²) in [5.41, 5.74) is 1.05. The van der Waals surface area contributed by atoms with Crippen molar-refractivity contribution >= 4 is 23.2 Å². The molecule has 1 fully saturated rings. The molecule has 0 radical (unpaired) electrons. The maximum absolute atomic E-state index is 12.7. The van der Waals surface area contributed by atoms with Gasteiger partial charge in [-0.2, -0.15) is 0 Å². The van der Waals surface area contributed by atoms with Crippen LogP contribution < -0.4 is 10.1 Å². The third kappa shape index (κ3) is 3.46. The maximum atomic E-state index is 12.7. The molecule has 2 amide bonds. The second-order valence-electron chi connectivity index (χ2n) is 6.78. The van der Waals surface area contributed by atoms with Crippen LogP contribution in [0.1, 0.15) is 40.5 Å². The molecular formula is C20H22N2O3S. The largest absolute Gasteiger partial charge is 0.493 e. The van der Waals surface area contributed by atoms with E-state index in [4.69, 9.17) is 4.74 Å². The van der Waals surface area contributed by atoms with E-state index in [1.165, 1.54) is 11.3 Å². The van der Waals surface area contributed by atoms with Crippen molar-refractivity contribution in [3.05, 3.63) is 52.2 Å². The van der Waals surface area contributed by atoms with Crippen molar-refractivity contribution in [3.63, 3.8) is 0 Å². The molecule has 0 spiro atoms. The zero-order chi connectivity index (χ0) is 17.9. The van der Waals surface area contributed by atoms with Crippen molar-refractivity contribution in [2.75, 3.05) is 19.7 Å². The highest BCUT2D eigenvalue weighted by molar-refractivity contribution is 7.12. The molecule has 0 bridgehead atoms. The van der Waals surface area contributed by atoms with E-state index in [1.807, 2.05) is 46.7 Å². The van der Waals surface area contributed by atoms with E-state index in [0.717, 1.165) is 22.6 Å². The standard InChI is InChI=1S/C20H22N2O3S/c23-19(21-16-9-12-25-17-5-2-1-4-15(16)17)14-7-10-22(11-8-14)20(24)18-6-3-13-26-18/h1-6,13-14,16H,7-12H2,(H,21,23)/t16-/m0/s1. The van der Waals surface area contributed by atoms with Gasteiger partial charge in [0.05, 0.1) is 17.5 Å². The van der Waals surface area contributed by atoms with E-state index in [2.05, 4.69) is 5.32 Å². The minimum absolute atomic E-state index is 0.0123. The monoisotopic (exact) mass is 370 g/mol. The van der Waals surface area contributed by atoms with Crippen LogP contribution in [0.3, 0.4) is 0 Å². The van der Waals surface area contributed by atoms with Gasteiger partial charge in [0, 0.05) is 31.0 Å². The van der Waals surface area contributed by atoms with E-state index in [1.54, 1.807) is 0 Å². The first-order valence-electron chi connectivity index (χ1n) is 9.07. The number of rotatable bonds is 3. The summed E-state index contributed by atoms with van der Waals surface area (Å²) in [5, 5.41) is 5.11. The van der Waals surface area contributed by atoms with Crippen molar-refractivity contribution < 1.29 is 14.3 Å². The molecule has 1 N–H and O–H groups in total. The zero-order valence-corrected chi connectivity index (χ0v) is 15.3. The number of carbonyl (C=O) groups is 2. The molecule has 5 nitrogen and oxygen atoms in total. The Morgan fingerprint density at radius 2 is 1.88 bits per heavy atom. The predicted octanol–water partition coefficient (Wildman–Crippen LogP) is 3.24. The van der Waals surface area contributed by atoms with Gasteiger partial charge in [-0.1, -0.05) is 24.3 Å². The molecule has 6 heteroatoms. The minimum Gasteiger partial charge on any atom is -0.493 e. The zero-order valence-electron chi connectivity index (χ0n) is 14.5. The highest BCUT2D eigenvalue weighted by atomic mass is 32.1. The van der Waals surface area contributed by atoms with E-state index in [9.17, 15) is 9.59 Å². The van der Waals surface area contributed by atoms with E-state index < -0.39 is 0 Å². The summed E-state index contributed by atoms with van der Waals surface area (Å²) in [6.07, 6.45) is 2.22. The smallest absolute Gasteiger partial charge is 0.263 e. The number of piperidine rings is 1. The minimum atomic E-state index is -0.0302. The van der Waals surface area contributed by atoms with Gasteiger partial charge in [0.1, 0.15) is 5.75 Å². The van der Waals surface area contributed by atoms with Gasteiger partial charge in [-0.05, 0) is 30.4 Å². The number of para-hydroxylation sites is 1. The van der Waals surface area contributed by atoms with Crippen LogP contribution in [0.5, 0.6) is 5.75 Å². The number of amides is 2. The van der Waals surface area contributed by atoms with Crippen LogP contribution >= 0.6 is 11.3 Å². The summed E-state index contributed by atoms with van der Waals surface area (Å²) in [6.45, 7) is 1.90. The Kier molecular flexibility index (Phi) is 4.93. The topological polar surface area (TPSA) is 58.6 Å². The van der Waals surface area contributed by atoms with Gasteiger partial charge in [-0.15, -0.1) is 11.3 Å². The number of thiophene rings is 1. The molecule has 0 aliphatic carbocycles. The fourth-order valence-electron chi connectivity index (χ4n) is 3.68. The van der Waals surface area contributed by atoms with Gasteiger partial charge in [0.25, 0.3) is 5.91 Å². The summed E-state index contributed by atoms with van der Waals surface area (Å²) in [4.78, 5) is 27.8. The molecule has 136 valence electrons. The number of nitrogens with one attached hydrogen (secondary N) is 1. The van der Waals surface area contributed by atoms with Crippen molar-refractivity contribution in [1.82, 2.24) is 10.2 Å². The number of fused-ring (bicyclic) bond motifs is 1. The fourth-order valence-corrected chi connectivity index (χ4v) is 4.37. The summed E-state index contributed by atoms with van der Waals surface area (Å²) in [5.74, 6) is 1.00. The van der Waals surface area contributed by atoms with Crippen molar-refractivity contribution in [2.45, 2.75) is 25.3 Å². The summed E-state index contributed by atoms with van der Waals surface area (Å²) in [6, 6.07) is 11.6. The first kappa shape index (κ1) is 17.1. The van der Waals surface area contributed by atoms with E-state index in [0.29, 0.717) is 32.5 Å². The molecule has 26 heavy (non-hydrogen) atoms. The molecule has 1 atom stereocenters. The number of carbonyl (C=O) groups excluding carboxylic acids is 2. The first-order chi connectivity index (χ1) is 12.7. The Hall–Kier alpha value is -2.34. The van der Waals surface area contributed by atoms with Crippen LogP contribution in [0.2, 0.25) is 0 Å². The normalized spacial score (nSPS) is 20.2. The molecule has 0 unspecified atom stereocenters. The first-order valence-corrected chi connectivity index (χ1v) is 9.95. The van der Waals surface area contributed by atoms with Gasteiger partial charge in [0.15, 0.2) is 0 Å². The molecular weight excluding hydrogens is 348 g/mol. The number of benzene rings is 1. The Morgan fingerprint density at radius 3 is 2.65 bits per heavy atom. The van der Waals surface area contributed by atoms with Gasteiger partial charge >= 0.3 is 0 Å². The van der Waals surface area contributed by atoms with Crippen LogP contribution in [0.25, 0.3) is 0 Å². The molecule has 2 aliphatic heterocycles. The summed E-state index contributed by atoms with van der Waals surface area (Å²) < 4.78 is 5.66. The van der Waals surface area contributed by atoms with Crippen molar-refractivity contribution in [3.8, 4) is 5.75 Å². The van der Waals surface area contributed by atoms with Gasteiger partial charge < -0.3 is 15.0 Å². The number of nitrogens with zero attached hydrogens (tertiary/aromatic N) is 1. The highest BCUT2D eigenvalue weighted by Crippen LogP contribution is 2.32. The lowest BCUT2D eigenvalue weighted by Crippen LogP contribution is -2.44. The molecule has 3 heterocycles. The predicted molar refractivity (Wildman–Crippen MR) is 100 cm³/mol. The molecule has 0 saturated carbocycles. The maximum Gasteiger partial charge on any atom is 0.263 e. The average molecular weight is 370 g/mol. The van der Waals surface area contributed by atoms with E-state index in [-0.39, 0.29) is 23.8 Å². The van der Waals surface area contributed by atoms with Crippen molar-refractivity contribution in [1.29, 1.82) is 0 Å². The summed E-state index contributed by atoms with van der Waals surface area (Å²) >= 11 is 1.47. The number of ether oxygens (including phenoxy) is 1. The quantitative estimate of drug-likeness (QED) is 0.902. The van der Waals surface area contributed by atoms with Crippen molar-refractivity contribution in [2.24, 2.45) is 5.92 Å². The molecule has 2 aromatic rings. The number of likely N-dealkylation sites (tertiary alicyclic amines) is 1. The Labute approximate surface area is 157 Å². The number of hydrogen-bond donors (Lipinski definition) is 1. The van der Waals surface area contributed by atoms with Crippen LogP contribution in [0, 0.1) is 5.92 Å². The van der Waals surface area contributed by atoms with Crippen LogP contribution in [-0.2, 0) is 4.79 Å². The Bertz CT molecular complexity index is 782. The van der Waals surface area contributed by atoms with Gasteiger partial charge in [-0.25, -0.2) is 0 Å². The molecule has 4 rings (SSSR count). The lowest BCUT2D eigenvalue weighted by atomic mass is 9.94. The van der Waals surface area contributed by atoms with Crippen LogP contribution in [-0.4, -0.2) is 36.4 Å². The molecule has 1 aromatic heterocycles. The summed E-state index contributed by atoms with van der Waals surface area (Å²) in [7, 11) is 0. The SMILES string of the molecule is O=C(N[C@H]1CCOc2ccccc21)C1CCN(C(=O)c2cccs2)CC1. The average Bonchev–Trinajstić information content (AvgIpc) is 3.23. The number of hydrogen-bond acceptors (Lipinski definition) is 4. The van der Waals surface area contributed by atoms with E-state index >= 15 is 0 Å². The van der Waals surface area contributed by atoms with Gasteiger partial charge in [0.2, 0.25) is 5.91 Å². The van der Waals surface area contributed by atoms with Gasteiger partial charge in [-0.3, -0.25) is 9.59 Å². The third-order valence-electron chi connectivity index (χ3n) is 5.16. The second-order valence-corrected chi connectivity index (χ2v) is 7.73. The molecule has 1 saturated heterocycles. The molecule has 2 aliphatic rings. The Balaban J connectivity index is 1.34. The van der Waals surface area contributed by atoms with Crippen LogP contribution in [0.15, 0.2) is 41.8 Å². The Morgan fingerprint density at radius 1 is 1.08 bits per heavy atom. The molecule has 1 aromatic carbocycles. The lowest BCUT2D eigenvalue weighted by Gasteiger charge is -2.33. The van der Waals surface area contributed by atoms with Crippen LogP contribution in [0.4, 0.5) is 0 Å². The lowest BCUT2D eigenvalue weighted by molar-refractivity contribution is -0.127.